The average Bonchev–Trinajstić information content (AvgIpc) is 2.46. The van der Waals surface area contributed by atoms with Gasteiger partial charge in [-0.2, -0.15) is 0 Å². The highest BCUT2D eigenvalue weighted by Gasteiger charge is 2.05. The summed E-state index contributed by atoms with van der Waals surface area (Å²) in [6.45, 7) is 1.93. The van der Waals surface area contributed by atoms with Crippen molar-refractivity contribution in [1.29, 1.82) is 0 Å². The SMILES string of the molecule is CC(=O)NCc1ccc(C(=O)Nc2ccncc2)cc1. The highest BCUT2D eigenvalue weighted by molar-refractivity contribution is 6.04. The minimum Gasteiger partial charge on any atom is -0.352 e. The molecule has 1 aromatic heterocycles. The Kier molecular flexibility index (Phi) is 4.44. The van der Waals surface area contributed by atoms with E-state index in [-0.39, 0.29) is 11.8 Å². The molecule has 0 radical (unpaired) electrons. The van der Waals surface area contributed by atoms with Gasteiger partial charge >= 0.3 is 0 Å². The molecule has 5 heteroatoms. The van der Waals surface area contributed by atoms with Gasteiger partial charge in [-0.05, 0) is 29.8 Å². The third-order valence-electron chi connectivity index (χ3n) is 2.70. The van der Waals surface area contributed by atoms with Crippen LogP contribution in [0.3, 0.4) is 0 Å². The third-order valence-corrected chi connectivity index (χ3v) is 2.70. The van der Waals surface area contributed by atoms with E-state index in [9.17, 15) is 9.59 Å². The molecule has 0 unspecified atom stereocenters. The second-order valence-corrected chi connectivity index (χ2v) is 4.30. The summed E-state index contributed by atoms with van der Waals surface area (Å²) in [4.78, 5) is 26.7. The molecule has 0 saturated heterocycles. The molecule has 2 aromatic rings. The lowest BCUT2D eigenvalue weighted by molar-refractivity contribution is -0.119. The summed E-state index contributed by atoms with van der Waals surface area (Å²) in [5.41, 5.74) is 2.21. The number of rotatable bonds is 4. The molecule has 20 heavy (non-hydrogen) atoms. The summed E-state index contributed by atoms with van der Waals surface area (Å²) in [7, 11) is 0. The van der Waals surface area contributed by atoms with Crippen molar-refractivity contribution in [3.63, 3.8) is 0 Å². The smallest absolute Gasteiger partial charge is 0.255 e. The first kappa shape index (κ1) is 13.7. The Labute approximate surface area is 117 Å². The van der Waals surface area contributed by atoms with Crippen molar-refractivity contribution in [3.05, 3.63) is 59.9 Å². The van der Waals surface area contributed by atoms with Gasteiger partial charge in [-0.1, -0.05) is 12.1 Å². The van der Waals surface area contributed by atoms with Crippen LogP contribution in [-0.2, 0) is 11.3 Å². The lowest BCUT2D eigenvalue weighted by Crippen LogP contribution is -2.19. The van der Waals surface area contributed by atoms with E-state index in [1.807, 2.05) is 12.1 Å². The van der Waals surface area contributed by atoms with Crippen LogP contribution in [0.5, 0.6) is 0 Å². The fourth-order valence-electron chi connectivity index (χ4n) is 1.64. The molecule has 0 atom stereocenters. The predicted molar refractivity (Wildman–Crippen MR) is 76.2 cm³/mol. The number of benzene rings is 1. The average molecular weight is 269 g/mol. The maximum absolute atomic E-state index is 12.0. The zero-order valence-electron chi connectivity index (χ0n) is 11.1. The van der Waals surface area contributed by atoms with Crippen molar-refractivity contribution < 1.29 is 9.59 Å². The van der Waals surface area contributed by atoms with Gasteiger partial charge in [-0.25, -0.2) is 0 Å². The van der Waals surface area contributed by atoms with Crippen LogP contribution in [0.1, 0.15) is 22.8 Å². The minimum atomic E-state index is -0.178. The van der Waals surface area contributed by atoms with E-state index >= 15 is 0 Å². The number of nitrogens with zero attached hydrogens (tertiary/aromatic N) is 1. The summed E-state index contributed by atoms with van der Waals surface area (Å²) in [5, 5.41) is 5.48. The number of pyridine rings is 1. The number of hydrogen-bond acceptors (Lipinski definition) is 3. The lowest BCUT2D eigenvalue weighted by Gasteiger charge is -2.06. The van der Waals surface area contributed by atoms with Gasteiger partial charge in [0.2, 0.25) is 5.91 Å². The highest BCUT2D eigenvalue weighted by Crippen LogP contribution is 2.09. The highest BCUT2D eigenvalue weighted by atomic mass is 16.2. The zero-order valence-corrected chi connectivity index (χ0v) is 11.1. The van der Waals surface area contributed by atoms with Gasteiger partial charge in [0.25, 0.3) is 5.91 Å². The van der Waals surface area contributed by atoms with Crippen LogP contribution in [0, 0.1) is 0 Å². The third kappa shape index (κ3) is 3.91. The molecular weight excluding hydrogens is 254 g/mol. The molecule has 5 nitrogen and oxygen atoms in total. The lowest BCUT2D eigenvalue weighted by atomic mass is 10.1. The standard InChI is InChI=1S/C15H15N3O2/c1-11(19)17-10-12-2-4-13(5-3-12)15(20)18-14-6-8-16-9-7-14/h2-9H,10H2,1H3,(H,17,19)(H,16,18,20). The van der Waals surface area contributed by atoms with Gasteiger partial charge in [-0.15, -0.1) is 0 Å². The molecule has 0 bridgehead atoms. The molecule has 0 fully saturated rings. The summed E-state index contributed by atoms with van der Waals surface area (Å²) < 4.78 is 0. The van der Waals surface area contributed by atoms with Crippen molar-refractivity contribution in [3.8, 4) is 0 Å². The van der Waals surface area contributed by atoms with Gasteiger partial charge in [0.05, 0.1) is 0 Å². The molecule has 102 valence electrons. The number of carbonyl (C=O) groups is 2. The van der Waals surface area contributed by atoms with E-state index in [4.69, 9.17) is 0 Å². The molecule has 0 aliphatic rings. The first-order valence-electron chi connectivity index (χ1n) is 6.20. The van der Waals surface area contributed by atoms with Crippen LogP contribution in [0.25, 0.3) is 0 Å². The van der Waals surface area contributed by atoms with Crippen molar-refractivity contribution in [2.45, 2.75) is 13.5 Å². The van der Waals surface area contributed by atoms with E-state index in [2.05, 4.69) is 15.6 Å². The largest absolute Gasteiger partial charge is 0.352 e. The quantitative estimate of drug-likeness (QED) is 0.891. The van der Waals surface area contributed by atoms with Crippen LogP contribution < -0.4 is 10.6 Å². The number of anilines is 1. The van der Waals surface area contributed by atoms with Gasteiger partial charge in [0.1, 0.15) is 0 Å². The van der Waals surface area contributed by atoms with Gasteiger partial charge < -0.3 is 10.6 Å². The number of amides is 2. The molecule has 1 aromatic carbocycles. The fourth-order valence-corrected chi connectivity index (χ4v) is 1.64. The predicted octanol–water partition coefficient (Wildman–Crippen LogP) is 1.97. The number of hydrogen-bond donors (Lipinski definition) is 2. The molecule has 0 aliphatic heterocycles. The van der Waals surface area contributed by atoms with Crippen LogP contribution in [-0.4, -0.2) is 16.8 Å². The first-order valence-corrected chi connectivity index (χ1v) is 6.20. The van der Waals surface area contributed by atoms with Crippen LogP contribution in [0.4, 0.5) is 5.69 Å². The molecule has 0 spiro atoms. The van der Waals surface area contributed by atoms with Crippen molar-refractivity contribution in [2.75, 3.05) is 5.32 Å². The topological polar surface area (TPSA) is 71.1 Å². The Balaban J connectivity index is 1.99. The second kappa shape index (κ2) is 6.47. The number of carbonyl (C=O) groups excluding carboxylic acids is 2. The minimum absolute atomic E-state index is 0.0792. The van der Waals surface area contributed by atoms with E-state index in [1.54, 1.807) is 36.7 Å². The van der Waals surface area contributed by atoms with Gasteiger partial charge in [0, 0.05) is 37.1 Å². The summed E-state index contributed by atoms with van der Waals surface area (Å²) in [6, 6.07) is 10.5. The van der Waals surface area contributed by atoms with Crippen molar-refractivity contribution in [1.82, 2.24) is 10.3 Å². The van der Waals surface area contributed by atoms with Crippen molar-refractivity contribution >= 4 is 17.5 Å². The molecular formula is C15H15N3O2. The molecule has 0 saturated carbocycles. The summed E-state index contributed by atoms with van der Waals surface area (Å²) >= 11 is 0. The first-order chi connectivity index (χ1) is 9.65. The van der Waals surface area contributed by atoms with E-state index < -0.39 is 0 Å². The number of nitrogens with one attached hydrogen (secondary N) is 2. The van der Waals surface area contributed by atoms with Gasteiger partial charge in [-0.3, -0.25) is 14.6 Å². The molecule has 1 heterocycles. The monoisotopic (exact) mass is 269 g/mol. The zero-order chi connectivity index (χ0) is 14.4. The molecule has 2 amide bonds. The maximum Gasteiger partial charge on any atom is 0.255 e. The van der Waals surface area contributed by atoms with Crippen LogP contribution >= 0.6 is 0 Å². The Morgan fingerprint density at radius 2 is 1.70 bits per heavy atom. The molecule has 2 N–H and O–H groups in total. The maximum atomic E-state index is 12.0. The van der Waals surface area contributed by atoms with Gasteiger partial charge in [0.15, 0.2) is 0 Å². The Morgan fingerprint density at radius 3 is 2.30 bits per heavy atom. The van der Waals surface area contributed by atoms with E-state index in [1.165, 1.54) is 6.92 Å². The van der Waals surface area contributed by atoms with Crippen LogP contribution in [0.2, 0.25) is 0 Å². The number of aromatic nitrogens is 1. The normalized spacial score (nSPS) is 9.85. The Morgan fingerprint density at radius 1 is 1.05 bits per heavy atom. The van der Waals surface area contributed by atoms with Crippen LogP contribution in [0.15, 0.2) is 48.8 Å². The Bertz CT molecular complexity index is 594. The molecule has 0 aliphatic carbocycles. The summed E-state index contributed by atoms with van der Waals surface area (Å²) in [5.74, 6) is -0.258. The summed E-state index contributed by atoms with van der Waals surface area (Å²) in [6.07, 6.45) is 3.23. The van der Waals surface area contributed by atoms with Crippen molar-refractivity contribution in [2.24, 2.45) is 0 Å². The van der Waals surface area contributed by atoms with E-state index in [0.29, 0.717) is 17.8 Å². The fraction of sp³-hybridized carbons (Fsp3) is 0.133. The Hall–Kier alpha value is -2.69. The van der Waals surface area contributed by atoms with E-state index in [0.717, 1.165) is 5.56 Å². The second-order valence-electron chi connectivity index (χ2n) is 4.30. The molecule has 2 rings (SSSR count).